The number of nitrogens with zero attached hydrogens (tertiary/aromatic N) is 4. The summed E-state index contributed by atoms with van der Waals surface area (Å²) in [6, 6.07) is 21.8. The molecule has 1 saturated carbocycles. The first-order valence-corrected chi connectivity index (χ1v) is 14.7. The monoisotopic (exact) mass is 532 g/mol. The largest absolute Gasteiger partial charge is 0.276 e. The standard InChI is InChI=1S/C35H24N4S/c1-2-4-10-21(9-3-1)33-36-34(23-16-15-22-19-24(22)20-23)38-35(37-33)39-29-13-7-5-11-25(29)27-17-18-28-26-12-6-8-14-30(26)40-32(28)31(27)39/h1,3-18,20,22,24H,2,19H2. The van der Waals surface area contributed by atoms with Crippen LogP contribution < -0.4 is 0 Å². The summed E-state index contributed by atoms with van der Waals surface area (Å²) in [5, 5.41) is 4.97. The maximum atomic E-state index is 5.19. The van der Waals surface area contributed by atoms with Crippen molar-refractivity contribution in [2.75, 3.05) is 0 Å². The fourth-order valence-corrected chi connectivity index (χ4v) is 7.44. The zero-order chi connectivity index (χ0) is 26.2. The van der Waals surface area contributed by atoms with Crippen LogP contribution in [-0.2, 0) is 0 Å². The Hall–Kier alpha value is -4.61. The van der Waals surface area contributed by atoms with Gasteiger partial charge in [-0.15, -0.1) is 11.3 Å². The molecule has 0 aliphatic heterocycles. The Labute approximate surface area is 235 Å². The summed E-state index contributed by atoms with van der Waals surface area (Å²) in [5.41, 5.74) is 4.34. The van der Waals surface area contributed by atoms with Crippen molar-refractivity contribution >= 4 is 64.5 Å². The number of allylic oxidation sites excluding steroid dienone is 10. The van der Waals surface area contributed by atoms with Gasteiger partial charge in [0.25, 0.3) is 0 Å². The lowest BCUT2D eigenvalue weighted by Crippen LogP contribution is -2.09. The lowest BCUT2D eigenvalue weighted by molar-refractivity contribution is 0.905. The summed E-state index contributed by atoms with van der Waals surface area (Å²) >= 11 is 1.84. The van der Waals surface area contributed by atoms with E-state index >= 15 is 0 Å². The van der Waals surface area contributed by atoms with Crippen LogP contribution in [0.2, 0.25) is 0 Å². The molecule has 40 heavy (non-hydrogen) atoms. The van der Waals surface area contributed by atoms with Crippen LogP contribution >= 0.6 is 11.3 Å². The third kappa shape index (κ3) is 3.34. The van der Waals surface area contributed by atoms with Crippen LogP contribution in [0.25, 0.3) is 59.1 Å². The number of fused-ring (bicyclic) bond motifs is 8. The molecule has 190 valence electrons. The van der Waals surface area contributed by atoms with Crippen molar-refractivity contribution < 1.29 is 0 Å². The first-order valence-electron chi connectivity index (χ1n) is 13.9. The Morgan fingerprint density at radius 1 is 0.725 bits per heavy atom. The van der Waals surface area contributed by atoms with Crippen LogP contribution in [0.1, 0.15) is 24.5 Å². The van der Waals surface area contributed by atoms with Crippen molar-refractivity contribution in [3.63, 3.8) is 0 Å². The maximum Gasteiger partial charge on any atom is 0.238 e. The molecule has 0 saturated heterocycles. The SMILES string of the molecule is C1=CCC=CC(c2nc(C3=CC4CC4C=C3)nc(-n3c4ccccc4c4ccc5c6ccccc6sc5c43)n2)=C1. The lowest BCUT2D eigenvalue weighted by Gasteiger charge is -2.12. The summed E-state index contributed by atoms with van der Waals surface area (Å²) in [6.07, 6.45) is 19.6. The van der Waals surface area contributed by atoms with Gasteiger partial charge in [0.1, 0.15) is 0 Å². The average Bonchev–Trinajstić information content (AvgIpc) is 3.66. The lowest BCUT2D eigenvalue weighted by atomic mass is 10.1. The molecule has 6 aromatic rings. The molecule has 0 radical (unpaired) electrons. The highest BCUT2D eigenvalue weighted by atomic mass is 32.1. The Bertz CT molecular complexity index is 2190. The molecule has 3 aromatic heterocycles. The Morgan fingerprint density at radius 2 is 1.55 bits per heavy atom. The van der Waals surface area contributed by atoms with Crippen molar-refractivity contribution in [1.82, 2.24) is 19.5 Å². The van der Waals surface area contributed by atoms with Crippen molar-refractivity contribution in [2.45, 2.75) is 12.8 Å². The van der Waals surface area contributed by atoms with Crippen molar-refractivity contribution in [3.05, 3.63) is 121 Å². The van der Waals surface area contributed by atoms with E-state index in [-0.39, 0.29) is 0 Å². The molecule has 5 heteroatoms. The number of hydrogen-bond donors (Lipinski definition) is 0. The molecule has 0 amide bonds. The van der Waals surface area contributed by atoms with Crippen LogP contribution in [0.4, 0.5) is 0 Å². The first kappa shape index (κ1) is 22.2. The third-order valence-electron chi connectivity index (χ3n) is 8.31. The molecule has 3 aliphatic carbocycles. The minimum atomic E-state index is 0.606. The molecule has 3 aromatic carbocycles. The van der Waals surface area contributed by atoms with E-state index in [0.29, 0.717) is 23.6 Å². The smallest absolute Gasteiger partial charge is 0.238 e. The van der Waals surface area contributed by atoms with Gasteiger partial charge in [-0.25, -0.2) is 4.98 Å². The number of hydrogen-bond acceptors (Lipinski definition) is 4. The molecule has 0 bridgehead atoms. The van der Waals surface area contributed by atoms with E-state index in [9.17, 15) is 0 Å². The highest BCUT2D eigenvalue weighted by molar-refractivity contribution is 7.26. The summed E-state index contributed by atoms with van der Waals surface area (Å²) in [5.74, 6) is 3.38. The highest BCUT2D eigenvalue weighted by Gasteiger charge is 2.35. The second-order valence-electron chi connectivity index (χ2n) is 10.8. The second kappa shape index (κ2) is 8.44. The number of benzene rings is 3. The molecule has 4 nitrogen and oxygen atoms in total. The minimum Gasteiger partial charge on any atom is -0.276 e. The summed E-state index contributed by atoms with van der Waals surface area (Å²) in [7, 11) is 0. The van der Waals surface area contributed by atoms with Crippen LogP contribution in [0.15, 0.2) is 109 Å². The van der Waals surface area contributed by atoms with Gasteiger partial charge >= 0.3 is 0 Å². The van der Waals surface area contributed by atoms with Gasteiger partial charge in [0.15, 0.2) is 11.6 Å². The molecule has 0 N–H and O–H groups in total. The van der Waals surface area contributed by atoms with E-state index in [1.165, 1.54) is 37.4 Å². The Kier molecular flexibility index (Phi) is 4.69. The van der Waals surface area contributed by atoms with Gasteiger partial charge in [-0.3, -0.25) is 4.57 Å². The van der Waals surface area contributed by atoms with E-state index in [4.69, 9.17) is 15.0 Å². The molecular formula is C35H24N4S. The third-order valence-corrected chi connectivity index (χ3v) is 9.50. The van der Waals surface area contributed by atoms with Crippen LogP contribution in [0.3, 0.4) is 0 Å². The molecule has 9 rings (SSSR count). The van der Waals surface area contributed by atoms with Gasteiger partial charge < -0.3 is 0 Å². The van der Waals surface area contributed by atoms with E-state index in [0.717, 1.165) is 34.4 Å². The topological polar surface area (TPSA) is 43.6 Å². The number of rotatable bonds is 3. The minimum absolute atomic E-state index is 0.606. The number of para-hydroxylation sites is 1. The predicted octanol–water partition coefficient (Wildman–Crippen LogP) is 8.83. The van der Waals surface area contributed by atoms with Gasteiger partial charge in [0.05, 0.1) is 15.7 Å². The molecule has 2 unspecified atom stereocenters. The Morgan fingerprint density at radius 3 is 2.48 bits per heavy atom. The van der Waals surface area contributed by atoms with E-state index < -0.39 is 0 Å². The summed E-state index contributed by atoms with van der Waals surface area (Å²) < 4.78 is 4.81. The van der Waals surface area contributed by atoms with E-state index in [2.05, 4.69) is 114 Å². The number of thiophene rings is 1. The van der Waals surface area contributed by atoms with Gasteiger partial charge in [0, 0.05) is 37.4 Å². The molecular weight excluding hydrogens is 508 g/mol. The number of aromatic nitrogens is 4. The van der Waals surface area contributed by atoms with E-state index in [1.807, 2.05) is 11.3 Å². The van der Waals surface area contributed by atoms with Crippen LogP contribution in [0, 0.1) is 11.8 Å². The van der Waals surface area contributed by atoms with Crippen LogP contribution in [0.5, 0.6) is 0 Å². The van der Waals surface area contributed by atoms with Crippen LogP contribution in [-0.4, -0.2) is 19.5 Å². The molecule has 2 atom stereocenters. The summed E-state index contributed by atoms with van der Waals surface area (Å²) in [4.78, 5) is 15.4. The van der Waals surface area contributed by atoms with Gasteiger partial charge in [0.2, 0.25) is 5.95 Å². The summed E-state index contributed by atoms with van der Waals surface area (Å²) in [6.45, 7) is 0. The Balaban J connectivity index is 1.39. The maximum absolute atomic E-state index is 5.19. The predicted molar refractivity (Wildman–Crippen MR) is 167 cm³/mol. The zero-order valence-corrected chi connectivity index (χ0v) is 22.5. The molecule has 3 aliphatic rings. The van der Waals surface area contributed by atoms with Crippen molar-refractivity contribution in [2.24, 2.45) is 11.8 Å². The second-order valence-corrected chi connectivity index (χ2v) is 11.9. The van der Waals surface area contributed by atoms with Crippen molar-refractivity contribution in [3.8, 4) is 5.95 Å². The van der Waals surface area contributed by atoms with Crippen molar-refractivity contribution in [1.29, 1.82) is 0 Å². The first-order chi connectivity index (χ1) is 19.8. The van der Waals surface area contributed by atoms with Gasteiger partial charge in [-0.1, -0.05) is 97.1 Å². The molecule has 1 fully saturated rings. The quantitative estimate of drug-likeness (QED) is 0.229. The fourth-order valence-electron chi connectivity index (χ4n) is 6.20. The zero-order valence-electron chi connectivity index (χ0n) is 21.7. The molecule has 0 spiro atoms. The normalized spacial score (nSPS) is 19.8. The van der Waals surface area contributed by atoms with Gasteiger partial charge in [-0.05, 0) is 36.8 Å². The highest BCUT2D eigenvalue weighted by Crippen LogP contribution is 2.46. The average molecular weight is 533 g/mol. The van der Waals surface area contributed by atoms with Gasteiger partial charge in [-0.2, -0.15) is 9.97 Å². The van der Waals surface area contributed by atoms with E-state index in [1.54, 1.807) is 0 Å². The fraction of sp³-hybridized carbons (Fsp3) is 0.114. The molecule has 3 heterocycles.